The molecule has 0 fully saturated rings. The Hall–Kier alpha value is -3.67. The van der Waals surface area contributed by atoms with Crippen molar-refractivity contribution in [2.24, 2.45) is 0 Å². The number of hydrogen-bond acceptors (Lipinski definition) is 6. The Bertz CT molecular complexity index is 1300. The van der Waals surface area contributed by atoms with Gasteiger partial charge in [0.15, 0.2) is 28.7 Å². The molecule has 0 aliphatic heterocycles. The number of rotatable bonds is 6. The first kappa shape index (κ1) is 22.5. The SMILES string of the molecule is CC(O)(CNc1nc(-c2cn3ccnc3c(Cc3ccccc3F)n2)ncc1F)C(F)(F)F. The molecule has 12 heteroatoms. The summed E-state index contributed by atoms with van der Waals surface area (Å²) in [6, 6.07) is 6.16. The molecule has 4 rings (SSSR count). The van der Waals surface area contributed by atoms with E-state index < -0.39 is 35.8 Å². The van der Waals surface area contributed by atoms with Crippen molar-refractivity contribution >= 4 is 11.5 Å². The van der Waals surface area contributed by atoms with Gasteiger partial charge in [-0.2, -0.15) is 13.2 Å². The van der Waals surface area contributed by atoms with Crippen LogP contribution in [0.2, 0.25) is 0 Å². The molecule has 0 saturated heterocycles. The summed E-state index contributed by atoms with van der Waals surface area (Å²) in [5, 5.41) is 11.7. The molecule has 33 heavy (non-hydrogen) atoms. The molecule has 172 valence electrons. The molecule has 0 amide bonds. The lowest BCUT2D eigenvalue weighted by Gasteiger charge is -2.26. The van der Waals surface area contributed by atoms with Gasteiger partial charge in [0.1, 0.15) is 11.5 Å². The molecule has 7 nitrogen and oxygen atoms in total. The van der Waals surface area contributed by atoms with Crippen molar-refractivity contribution in [3.05, 3.63) is 71.9 Å². The van der Waals surface area contributed by atoms with E-state index in [1.165, 1.54) is 18.5 Å². The number of fused-ring (bicyclic) bond motifs is 1. The quantitative estimate of drug-likeness (QED) is 0.423. The number of imidazole rings is 1. The van der Waals surface area contributed by atoms with Crippen molar-refractivity contribution in [1.29, 1.82) is 0 Å². The Labute approximate surface area is 184 Å². The van der Waals surface area contributed by atoms with E-state index in [9.17, 15) is 27.1 Å². The standard InChI is InChI=1S/C21H17F5N6O/c1-20(33,21(24,25)26)11-29-17-14(23)9-28-18(31-17)16-10-32-7-6-27-19(32)15(30-16)8-12-4-2-3-5-13(12)22/h2-7,9-10,33H,8,11H2,1H3,(H,28,29,31). The number of halogens is 5. The molecule has 0 bridgehead atoms. The van der Waals surface area contributed by atoms with Gasteiger partial charge in [-0.25, -0.2) is 28.7 Å². The fourth-order valence-corrected chi connectivity index (χ4v) is 3.02. The maximum Gasteiger partial charge on any atom is 0.418 e. The smallest absolute Gasteiger partial charge is 0.379 e. The highest BCUT2D eigenvalue weighted by molar-refractivity contribution is 5.57. The van der Waals surface area contributed by atoms with Gasteiger partial charge in [0.05, 0.1) is 18.4 Å². The Morgan fingerprint density at radius 3 is 2.55 bits per heavy atom. The lowest BCUT2D eigenvalue weighted by molar-refractivity contribution is -0.246. The van der Waals surface area contributed by atoms with Gasteiger partial charge in [0, 0.05) is 25.0 Å². The van der Waals surface area contributed by atoms with Crippen LogP contribution in [0.5, 0.6) is 0 Å². The Kier molecular flexibility index (Phi) is 5.70. The van der Waals surface area contributed by atoms with Crippen molar-refractivity contribution in [2.45, 2.75) is 25.1 Å². The van der Waals surface area contributed by atoms with Crippen LogP contribution in [-0.4, -0.2) is 47.8 Å². The average Bonchev–Trinajstić information content (AvgIpc) is 3.23. The van der Waals surface area contributed by atoms with Crippen molar-refractivity contribution in [3.8, 4) is 11.5 Å². The monoisotopic (exact) mass is 464 g/mol. The van der Waals surface area contributed by atoms with Gasteiger partial charge < -0.3 is 14.8 Å². The number of anilines is 1. The van der Waals surface area contributed by atoms with Crippen LogP contribution in [0.1, 0.15) is 18.2 Å². The highest BCUT2D eigenvalue weighted by Crippen LogP contribution is 2.30. The Morgan fingerprint density at radius 1 is 1.06 bits per heavy atom. The van der Waals surface area contributed by atoms with Crippen LogP contribution in [0.3, 0.4) is 0 Å². The average molecular weight is 464 g/mol. The van der Waals surface area contributed by atoms with E-state index in [0.29, 0.717) is 23.8 Å². The summed E-state index contributed by atoms with van der Waals surface area (Å²) in [5.74, 6) is -2.05. The topological polar surface area (TPSA) is 88.2 Å². The number of nitrogens with one attached hydrogen (secondary N) is 1. The maximum atomic E-state index is 14.2. The van der Waals surface area contributed by atoms with Crippen LogP contribution in [0.25, 0.3) is 17.2 Å². The number of benzene rings is 1. The first-order chi connectivity index (χ1) is 15.5. The summed E-state index contributed by atoms with van der Waals surface area (Å²) in [6.07, 6.45) is 0.598. The van der Waals surface area contributed by atoms with Gasteiger partial charge in [0.25, 0.3) is 0 Å². The normalized spacial score (nSPS) is 13.8. The predicted molar refractivity (Wildman–Crippen MR) is 108 cm³/mol. The largest absolute Gasteiger partial charge is 0.418 e. The summed E-state index contributed by atoms with van der Waals surface area (Å²) < 4.78 is 68.6. The van der Waals surface area contributed by atoms with E-state index in [0.717, 1.165) is 6.20 Å². The van der Waals surface area contributed by atoms with Gasteiger partial charge in [-0.3, -0.25) is 0 Å². The second kappa shape index (κ2) is 8.35. The van der Waals surface area contributed by atoms with E-state index in [2.05, 4.69) is 25.3 Å². The number of aliphatic hydroxyl groups is 1. The summed E-state index contributed by atoms with van der Waals surface area (Å²) >= 11 is 0. The number of nitrogens with zero attached hydrogens (tertiary/aromatic N) is 5. The van der Waals surface area contributed by atoms with Crippen LogP contribution in [0.4, 0.5) is 27.8 Å². The second-order valence-electron chi connectivity index (χ2n) is 7.51. The zero-order valence-electron chi connectivity index (χ0n) is 17.1. The van der Waals surface area contributed by atoms with Gasteiger partial charge in [-0.05, 0) is 18.6 Å². The molecule has 0 radical (unpaired) electrons. The Morgan fingerprint density at radius 2 is 1.82 bits per heavy atom. The molecule has 2 N–H and O–H groups in total. The van der Waals surface area contributed by atoms with Crippen LogP contribution >= 0.6 is 0 Å². The van der Waals surface area contributed by atoms with Gasteiger partial charge >= 0.3 is 6.18 Å². The van der Waals surface area contributed by atoms with Crippen LogP contribution in [-0.2, 0) is 6.42 Å². The van der Waals surface area contributed by atoms with E-state index in [1.54, 1.807) is 28.8 Å². The molecule has 1 aromatic carbocycles. The first-order valence-corrected chi connectivity index (χ1v) is 9.67. The minimum Gasteiger partial charge on any atom is -0.379 e. The minimum absolute atomic E-state index is 0.0871. The number of hydrogen-bond donors (Lipinski definition) is 2. The van der Waals surface area contributed by atoms with E-state index >= 15 is 0 Å². The van der Waals surface area contributed by atoms with Crippen LogP contribution in [0, 0.1) is 11.6 Å². The van der Waals surface area contributed by atoms with Crippen molar-refractivity contribution in [3.63, 3.8) is 0 Å². The molecule has 1 unspecified atom stereocenters. The Balaban J connectivity index is 1.69. The summed E-state index contributed by atoms with van der Waals surface area (Å²) in [5.41, 5.74) is -1.71. The molecular formula is C21H17F5N6O. The molecular weight excluding hydrogens is 447 g/mol. The fourth-order valence-electron chi connectivity index (χ4n) is 3.02. The lowest BCUT2D eigenvalue weighted by Crippen LogP contribution is -2.47. The third-order valence-electron chi connectivity index (χ3n) is 4.94. The molecule has 4 aromatic rings. The predicted octanol–water partition coefficient (Wildman–Crippen LogP) is 3.78. The van der Waals surface area contributed by atoms with Crippen LogP contribution in [0.15, 0.2) is 49.1 Å². The molecule has 3 aromatic heterocycles. The number of aromatic nitrogens is 5. The number of alkyl halides is 3. The maximum absolute atomic E-state index is 14.2. The summed E-state index contributed by atoms with van der Waals surface area (Å²) in [7, 11) is 0. The van der Waals surface area contributed by atoms with Gasteiger partial charge in [-0.1, -0.05) is 18.2 Å². The molecule has 0 aliphatic carbocycles. The summed E-state index contributed by atoms with van der Waals surface area (Å²) in [4.78, 5) is 16.5. The highest BCUT2D eigenvalue weighted by Gasteiger charge is 2.49. The molecule has 0 spiro atoms. The fraction of sp³-hybridized carbons (Fsp3) is 0.238. The molecule has 0 saturated carbocycles. The molecule has 3 heterocycles. The molecule has 0 aliphatic rings. The van der Waals surface area contributed by atoms with Gasteiger partial charge in [-0.15, -0.1) is 0 Å². The van der Waals surface area contributed by atoms with E-state index in [1.807, 2.05) is 0 Å². The second-order valence-corrected chi connectivity index (χ2v) is 7.51. The third-order valence-corrected chi connectivity index (χ3v) is 4.94. The van der Waals surface area contributed by atoms with Crippen molar-refractivity contribution < 1.29 is 27.1 Å². The van der Waals surface area contributed by atoms with Crippen molar-refractivity contribution in [2.75, 3.05) is 11.9 Å². The summed E-state index contributed by atoms with van der Waals surface area (Å²) in [6.45, 7) is -0.472. The molecule has 1 atom stereocenters. The lowest BCUT2D eigenvalue weighted by atomic mass is 10.1. The van der Waals surface area contributed by atoms with E-state index in [4.69, 9.17) is 0 Å². The first-order valence-electron chi connectivity index (χ1n) is 9.67. The van der Waals surface area contributed by atoms with Gasteiger partial charge in [0.2, 0.25) is 0 Å². The third kappa shape index (κ3) is 4.60. The van der Waals surface area contributed by atoms with E-state index in [-0.39, 0.29) is 17.9 Å². The van der Waals surface area contributed by atoms with Crippen LogP contribution < -0.4 is 5.32 Å². The zero-order chi connectivity index (χ0) is 23.8. The highest BCUT2D eigenvalue weighted by atomic mass is 19.4. The van der Waals surface area contributed by atoms with Crippen molar-refractivity contribution in [1.82, 2.24) is 24.3 Å². The zero-order valence-corrected chi connectivity index (χ0v) is 17.1. The minimum atomic E-state index is -4.93.